The first-order valence-electron chi connectivity index (χ1n) is 8.90. The molecule has 0 unspecified atom stereocenters. The maximum Gasteiger partial charge on any atom is 0.241 e. The maximum atomic E-state index is 12.7. The molecule has 5 heteroatoms. The third-order valence-electron chi connectivity index (χ3n) is 5.02. The van der Waals surface area contributed by atoms with E-state index in [-0.39, 0.29) is 11.9 Å². The average Bonchev–Trinajstić information content (AvgIpc) is 3.11. The number of hydrogen-bond donors (Lipinski definition) is 1. The molecule has 1 atom stereocenters. The molecule has 2 heterocycles. The topological polar surface area (TPSA) is 48.7 Å². The van der Waals surface area contributed by atoms with E-state index >= 15 is 0 Å². The summed E-state index contributed by atoms with van der Waals surface area (Å²) in [5.41, 5.74) is 3.14. The first-order valence-corrected chi connectivity index (χ1v) is 8.90. The molecule has 134 valence electrons. The Morgan fingerprint density at radius 2 is 1.80 bits per heavy atom. The first-order chi connectivity index (χ1) is 12.0. The lowest BCUT2D eigenvalue weighted by Gasteiger charge is -2.37. The fraction of sp³-hybridized carbons (Fsp3) is 0.450. The summed E-state index contributed by atoms with van der Waals surface area (Å²) in [6.07, 6.45) is 1.71. The van der Waals surface area contributed by atoms with Gasteiger partial charge in [0.1, 0.15) is 5.76 Å². The molecule has 0 radical (unpaired) electrons. The molecule has 1 aromatic carbocycles. The normalized spacial score (nSPS) is 17.4. The van der Waals surface area contributed by atoms with Crippen molar-refractivity contribution in [3.63, 3.8) is 0 Å². The van der Waals surface area contributed by atoms with E-state index in [1.165, 1.54) is 0 Å². The van der Waals surface area contributed by atoms with Gasteiger partial charge in [0, 0.05) is 31.9 Å². The van der Waals surface area contributed by atoms with Gasteiger partial charge in [0.2, 0.25) is 5.91 Å². The van der Waals surface area contributed by atoms with E-state index in [0.717, 1.165) is 55.3 Å². The molecule has 5 nitrogen and oxygen atoms in total. The van der Waals surface area contributed by atoms with Crippen LogP contribution in [0.5, 0.6) is 0 Å². The predicted octanol–water partition coefficient (Wildman–Crippen LogP) is 3.04. The molecule has 0 spiro atoms. The molecule has 1 aliphatic rings. The van der Waals surface area contributed by atoms with E-state index in [1.54, 1.807) is 6.26 Å². The van der Waals surface area contributed by atoms with Crippen LogP contribution >= 0.6 is 0 Å². The number of hydrogen-bond acceptors (Lipinski definition) is 4. The number of nitrogens with one attached hydrogen (secondary N) is 1. The van der Waals surface area contributed by atoms with E-state index in [1.807, 2.05) is 51.1 Å². The van der Waals surface area contributed by atoms with Crippen molar-refractivity contribution in [1.29, 1.82) is 0 Å². The molecule has 3 rings (SSSR count). The van der Waals surface area contributed by atoms with Crippen LogP contribution in [0.1, 0.15) is 23.8 Å². The lowest BCUT2D eigenvalue weighted by molar-refractivity contribution is -0.121. The molecule has 1 fully saturated rings. The minimum atomic E-state index is -0.134. The Morgan fingerprint density at radius 3 is 2.40 bits per heavy atom. The smallest absolute Gasteiger partial charge is 0.241 e. The van der Waals surface area contributed by atoms with Crippen LogP contribution in [0.4, 0.5) is 5.69 Å². The van der Waals surface area contributed by atoms with E-state index in [4.69, 9.17) is 4.42 Å². The molecule has 0 saturated carbocycles. The van der Waals surface area contributed by atoms with Gasteiger partial charge in [0.05, 0.1) is 18.8 Å². The Hall–Kier alpha value is -2.11. The molecule has 0 bridgehead atoms. The highest BCUT2D eigenvalue weighted by atomic mass is 16.3. The number of para-hydroxylation sites is 1. The van der Waals surface area contributed by atoms with E-state index in [2.05, 4.69) is 15.1 Å². The summed E-state index contributed by atoms with van der Waals surface area (Å²) in [7, 11) is 0. The summed E-state index contributed by atoms with van der Waals surface area (Å²) in [6, 6.07) is 9.87. The summed E-state index contributed by atoms with van der Waals surface area (Å²) < 4.78 is 5.42. The standard InChI is InChI=1S/C20H27N3O2/c1-15-6-4-7-16(2)19(15)21-20(24)17(3)23-11-9-22(10-12-23)14-18-8-5-13-25-18/h4-8,13,17H,9-12,14H2,1-3H3,(H,21,24)/t17-/m1/s1. The molecule has 1 aromatic heterocycles. The van der Waals surface area contributed by atoms with Gasteiger partial charge >= 0.3 is 0 Å². The number of benzene rings is 1. The Labute approximate surface area is 149 Å². The van der Waals surface area contributed by atoms with Gasteiger partial charge in [-0.2, -0.15) is 0 Å². The third kappa shape index (κ3) is 4.30. The monoisotopic (exact) mass is 341 g/mol. The number of rotatable bonds is 5. The van der Waals surface area contributed by atoms with Gasteiger partial charge in [0.25, 0.3) is 0 Å². The van der Waals surface area contributed by atoms with Gasteiger partial charge in [-0.15, -0.1) is 0 Å². The van der Waals surface area contributed by atoms with Gasteiger partial charge in [-0.25, -0.2) is 0 Å². The zero-order chi connectivity index (χ0) is 17.8. The van der Waals surface area contributed by atoms with Crippen LogP contribution in [-0.4, -0.2) is 47.9 Å². The molecule has 1 amide bonds. The number of carbonyl (C=O) groups is 1. The number of furan rings is 1. The Balaban J connectivity index is 1.53. The summed E-state index contributed by atoms with van der Waals surface area (Å²) >= 11 is 0. The SMILES string of the molecule is Cc1cccc(C)c1NC(=O)[C@@H](C)N1CCN(Cc2ccco2)CC1. The largest absolute Gasteiger partial charge is 0.468 e. The second kappa shape index (κ2) is 7.85. The Kier molecular flexibility index (Phi) is 5.56. The maximum absolute atomic E-state index is 12.7. The van der Waals surface area contributed by atoms with Crippen molar-refractivity contribution in [2.75, 3.05) is 31.5 Å². The van der Waals surface area contributed by atoms with Crippen LogP contribution in [0.25, 0.3) is 0 Å². The van der Waals surface area contributed by atoms with Crippen LogP contribution < -0.4 is 5.32 Å². The van der Waals surface area contributed by atoms with Gasteiger partial charge < -0.3 is 9.73 Å². The number of carbonyl (C=O) groups excluding carboxylic acids is 1. The van der Waals surface area contributed by atoms with Crippen LogP contribution in [0, 0.1) is 13.8 Å². The third-order valence-corrected chi connectivity index (χ3v) is 5.02. The van der Waals surface area contributed by atoms with E-state index in [9.17, 15) is 4.79 Å². The zero-order valence-corrected chi connectivity index (χ0v) is 15.3. The van der Waals surface area contributed by atoms with Crippen molar-refractivity contribution in [3.05, 3.63) is 53.5 Å². The second-order valence-corrected chi connectivity index (χ2v) is 6.82. The minimum absolute atomic E-state index is 0.0666. The van der Waals surface area contributed by atoms with Crippen LogP contribution in [0.3, 0.4) is 0 Å². The molecular formula is C20H27N3O2. The molecule has 0 aliphatic carbocycles. The van der Waals surface area contributed by atoms with Gasteiger partial charge in [-0.1, -0.05) is 18.2 Å². The lowest BCUT2D eigenvalue weighted by Crippen LogP contribution is -2.52. The minimum Gasteiger partial charge on any atom is -0.468 e. The van der Waals surface area contributed by atoms with Crippen molar-refractivity contribution in [3.8, 4) is 0 Å². The fourth-order valence-electron chi connectivity index (χ4n) is 3.34. The first kappa shape index (κ1) is 17.7. The molecule has 2 aromatic rings. The molecule has 1 N–H and O–H groups in total. The highest BCUT2D eigenvalue weighted by Crippen LogP contribution is 2.20. The number of nitrogens with zero attached hydrogens (tertiary/aromatic N) is 2. The zero-order valence-electron chi connectivity index (χ0n) is 15.3. The Morgan fingerprint density at radius 1 is 1.12 bits per heavy atom. The van der Waals surface area contributed by atoms with Gasteiger partial charge in [-0.05, 0) is 44.0 Å². The van der Waals surface area contributed by atoms with Crippen molar-refractivity contribution in [2.24, 2.45) is 0 Å². The van der Waals surface area contributed by atoms with Crippen LogP contribution in [0.15, 0.2) is 41.0 Å². The van der Waals surface area contributed by atoms with Crippen molar-refractivity contribution in [1.82, 2.24) is 9.80 Å². The predicted molar refractivity (Wildman–Crippen MR) is 99.6 cm³/mol. The van der Waals surface area contributed by atoms with Crippen LogP contribution in [-0.2, 0) is 11.3 Å². The average molecular weight is 341 g/mol. The molecule has 1 aliphatic heterocycles. The number of aryl methyl sites for hydroxylation is 2. The quantitative estimate of drug-likeness (QED) is 0.908. The summed E-state index contributed by atoms with van der Waals surface area (Å²) in [4.78, 5) is 17.3. The molecular weight excluding hydrogens is 314 g/mol. The highest BCUT2D eigenvalue weighted by molar-refractivity contribution is 5.95. The van der Waals surface area contributed by atoms with Crippen molar-refractivity contribution < 1.29 is 9.21 Å². The number of amides is 1. The molecule has 1 saturated heterocycles. The number of anilines is 1. The summed E-state index contributed by atoms with van der Waals surface area (Å²) in [5, 5.41) is 3.11. The molecule has 25 heavy (non-hydrogen) atoms. The second-order valence-electron chi connectivity index (χ2n) is 6.82. The Bertz CT molecular complexity index is 683. The summed E-state index contributed by atoms with van der Waals surface area (Å²) in [6.45, 7) is 10.6. The number of piperazine rings is 1. The van der Waals surface area contributed by atoms with Gasteiger partial charge in [0.15, 0.2) is 0 Å². The van der Waals surface area contributed by atoms with Crippen molar-refractivity contribution in [2.45, 2.75) is 33.4 Å². The van der Waals surface area contributed by atoms with Gasteiger partial charge in [-0.3, -0.25) is 14.6 Å². The van der Waals surface area contributed by atoms with Crippen LogP contribution in [0.2, 0.25) is 0 Å². The fourth-order valence-corrected chi connectivity index (χ4v) is 3.34. The van der Waals surface area contributed by atoms with E-state index in [0.29, 0.717) is 0 Å². The summed E-state index contributed by atoms with van der Waals surface area (Å²) in [5.74, 6) is 1.06. The lowest BCUT2D eigenvalue weighted by atomic mass is 10.1. The van der Waals surface area contributed by atoms with E-state index < -0.39 is 0 Å². The highest BCUT2D eigenvalue weighted by Gasteiger charge is 2.26. The van der Waals surface area contributed by atoms with Crippen molar-refractivity contribution >= 4 is 11.6 Å².